The number of anilines is 2. The molecule has 1 aromatic carbocycles. The Bertz CT molecular complexity index is 538. The second kappa shape index (κ2) is 5.57. The first kappa shape index (κ1) is 12.4. The van der Waals surface area contributed by atoms with Gasteiger partial charge in [-0.1, -0.05) is 18.2 Å². The molecule has 2 aromatic rings. The molecule has 0 unspecified atom stereocenters. The fourth-order valence-corrected chi connectivity index (χ4v) is 2.63. The lowest BCUT2D eigenvalue weighted by molar-refractivity contribution is 0.646. The van der Waals surface area contributed by atoms with Crippen molar-refractivity contribution < 1.29 is 0 Å². The Morgan fingerprint density at radius 2 is 1.58 bits per heavy atom. The molecule has 1 aliphatic heterocycles. The third-order valence-electron chi connectivity index (χ3n) is 3.34. The maximum atomic E-state index is 4.33. The molecule has 98 valence electrons. The highest BCUT2D eigenvalue weighted by atomic mass is 79.9. The number of piperazine rings is 1. The fourth-order valence-electron chi connectivity index (χ4n) is 2.33. The van der Waals surface area contributed by atoms with Crippen LogP contribution in [0.15, 0.2) is 47.3 Å². The van der Waals surface area contributed by atoms with E-state index in [0.717, 1.165) is 36.6 Å². The third-order valence-corrected chi connectivity index (χ3v) is 3.78. The number of para-hydroxylation sites is 1. The van der Waals surface area contributed by atoms with Crippen LogP contribution in [0.4, 0.5) is 11.5 Å². The largest absolute Gasteiger partial charge is 0.368 e. The van der Waals surface area contributed by atoms with E-state index >= 15 is 0 Å². The Morgan fingerprint density at radius 3 is 2.26 bits per heavy atom. The number of benzene rings is 1. The molecule has 0 atom stereocenters. The first-order chi connectivity index (χ1) is 9.33. The minimum absolute atomic E-state index is 0.836. The van der Waals surface area contributed by atoms with E-state index in [1.165, 1.54) is 5.69 Å². The summed E-state index contributed by atoms with van der Waals surface area (Å²) in [6.07, 6.45) is 1.60. The molecule has 0 saturated carbocycles. The third kappa shape index (κ3) is 2.87. The molecule has 0 amide bonds. The number of aromatic nitrogens is 2. The number of nitrogens with zero attached hydrogens (tertiary/aromatic N) is 4. The van der Waals surface area contributed by atoms with E-state index in [1.54, 1.807) is 6.33 Å². The van der Waals surface area contributed by atoms with E-state index in [-0.39, 0.29) is 0 Å². The number of hydrogen-bond acceptors (Lipinski definition) is 4. The van der Waals surface area contributed by atoms with Gasteiger partial charge in [-0.05, 0) is 28.1 Å². The van der Waals surface area contributed by atoms with Gasteiger partial charge in [0.15, 0.2) is 0 Å². The van der Waals surface area contributed by atoms with Gasteiger partial charge in [0, 0.05) is 37.9 Å². The molecule has 0 radical (unpaired) electrons. The molecule has 0 spiro atoms. The summed E-state index contributed by atoms with van der Waals surface area (Å²) in [6.45, 7) is 4.01. The van der Waals surface area contributed by atoms with Gasteiger partial charge in [0.1, 0.15) is 16.7 Å². The van der Waals surface area contributed by atoms with Gasteiger partial charge < -0.3 is 9.80 Å². The highest BCUT2D eigenvalue weighted by molar-refractivity contribution is 9.10. The topological polar surface area (TPSA) is 32.3 Å². The lowest BCUT2D eigenvalue weighted by Crippen LogP contribution is -2.46. The van der Waals surface area contributed by atoms with Crippen molar-refractivity contribution in [1.82, 2.24) is 9.97 Å². The van der Waals surface area contributed by atoms with E-state index in [0.29, 0.717) is 0 Å². The summed E-state index contributed by atoms with van der Waals surface area (Å²) in [5, 5.41) is 0. The van der Waals surface area contributed by atoms with Crippen LogP contribution in [0, 0.1) is 0 Å². The van der Waals surface area contributed by atoms with Crippen LogP contribution in [0.3, 0.4) is 0 Å². The van der Waals surface area contributed by atoms with E-state index in [2.05, 4.69) is 66.0 Å². The number of rotatable bonds is 2. The van der Waals surface area contributed by atoms with Crippen molar-refractivity contribution in [1.29, 1.82) is 0 Å². The second-order valence-electron chi connectivity index (χ2n) is 4.51. The van der Waals surface area contributed by atoms with Crippen LogP contribution < -0.4 is 9.80 Å². The summed E-state index contributed by atoms with van der Waals surface area (Å²) >= 11 is 3.39. The molecule has 0 bridgehead atoms. The molecule has 2 heterocycles. The zero-order chi connectivity index (χ0) is 13.1. The van der Waals surface area contributed by atoms with E-state index < -0.39 is 0 Å². The van der Waals surface area contributed by atoms with Crippen molar-refractivity contribution in [2.75, 3.05) is 36.0 Å². The summed E-state index contributed by atoms with van der Waals surface area (Å²) in [4.78, 5) is 13.1. The van der Waals surface area contributed by atoms with Crippen LogP contribution in [0.2, 0.25) is 0 Å². The molecule has 1 aliphatic rings. The summed E-state index contributed by atoms with van der Waals surface area (Å²) in [7, 11) is 0. The van der Waals surface area contributed by atoms with Crippen molar-refractivity contribution in [3.63, 3.8) is 0 Å². The SMILES string of the molecule is Brc1cc(N2CCN(c3ccccc3)CC2)ncn1. The summed E-state index contributed by atoms with van der Waals surface area (Å²) in [6, 6.07) is 12.5. The Hall–Kier alpha value is -1.62. The average Bonchev–Trinajstić information content (AvgIpc) is 2.48. The molecule has 0 N–H and O–H groups in total. The van der Waals surface area contributed by atoms with Crippen LogP contribution in [0.25, 0.3) is 0 Å². The molecule has 1 fully saturated rings. The van der Waals surface area contributed by atoms with Gasteiger partial charge in [0.2, 0.25) is 0 Å². The van der Waals surface area contributed by atoms with Crippen molar-refractivity contribution in [2.24, 2.45) is 0 Å². The van der Waals surface area contributed by atoms with Gasteiger partial charge >= 0.3 is 0 Å². The zero-order valence-corrected chi connectivity index (χ0v) is 12.1. The summed E-state index contributed by atoms with van der Waals surface area (Å²) < 4.78 is 0.836. The molecule has 4 nitrogen and oxygen atoms in total. The van der Waals surface area contributed by atoms with Gasteiger partial charge in [0.05, 0.1) is 0 Å². The Morgan fingerprint density at radius 1 is 0.895 bits per heavy atom. The monoisotopic (exact) mass is 318 g/mol. The van der Waals surface area contributed by atoms with Crippen molar-refractivity contribution >= 4 is 27.4 Å². The van der Waals surface area contributed by atoms with Gasteiger partial charge in [0.25, 0.3) is 0 Å². The maximum absolute atomic E-state index is 4.33. The number of hydrogen-bond donors (Lipinski definition) is 0. The summed E-state index contributed by atoms with van der Waals surface area (Å²) in [5.41, 5.74) is 1.30. The first-order valence-electron chi connectivity index (χ1n) is 6.35. The predicted octanol–water partition coefficient (Wildman–Crippen LogP) is 2.57. The molecule has 19 heavy (non-hydrogen) atoms. The van der Waals surface area contributed by atoms with Crippen LogP contribution in [0.1, 0.15) is 0 Å². The molecular weight excluding hydrogens is 304 g/mol. The Balaban J connectivity index is 1.67. The predicted molar refractivity (Wildman–Crippen MR) is 80.6 cm³/mol. The standard InChI is InChI=1S/C14H15BrN4/c15-13-10-14(17-11-16-13)19-8-6-18(7-9-19)12-4-2-1-3-5-12/h1-5,10-11H,6-9H2. The normalized spacial score (nSPS) is 15.6. The number of halogens is 1. The van der Waals surface area contributed by atoms with Gasteiger partial charge in [-0.2, -0.15) is 0 Å². The Kier molecular flexibility index (Phi) is 3.64. The molecular formula is C14H15BrN4. The zero-order valence-electron chi connectivity index (χ0n) is 10.5. The summed E-state index contributed by atoms with van der Waals surface area (Å²) in [5.74, 6) is 0.995. The molecule has 5 heteroatoms. The van der Waals surface area contributed by atoms with E-state index in [9.17, 15) is 0 Å². The lowest BCUT2D eigenvalue weighted by Gasteiger charge is -2.36. The minimum Gasteiger partial charge on any atom is -0.368 e. The van der Waals surface area contributed by atoms with Crippen LogP contribution in [-0.4, -0.2) is 36.1 Å². The highest BCUT2D eigenvalue weighted by Crippen LogP contribution is 2.20. The van der Waals surface area contributed by atoms with E-state index in [1.807, 2.05) is 6.07 Å². The van der Waals surface area contributed by atoms with E-state index in [4.69, 9.17) is 0 Å². The lowest BCUT2D eigenvalue weighted by atomic mass is 10.2. The first-order valence-corrected chi connectivity index (χ1v) is 7.15. The van der Waals surface area contributed by atoms with Crippen molar-refractivity contribution in [3.8, 4) is 0 Å². The van der Waals surface area contributed by atoms with Crippen molar-refractivity contribution in [2.45, 2.75) is 0 Å². The Labute approximate surface area is 121 Å². The quantitative estimate of drug-likeness (QED) is 0.797. The second-order valence-corrected chi connectivity index (χ2v) is 5.32. The average molecular weight is 319 g/mol. The minimum atomic E-state index is 0.836. The smallest absolute Gasteiger partial charge is 0.133 e. The van der Waals surface area contributed by atoms with Crippen LogP contribution >= 0.6 is 15.9 Å². The molecule has 0 aliphatic carbocycles. The molecule has 1 saturated heterocycles. The molecule has 3 rings (SSSR count). The van der Waals surface area contributed by atoms with Gasteiger partial charge in [-0.15, -0.1) is 0 Å². The molecule has 1 aromatic heterocycles. The van der Waals surface area contributed by atoms with Crippen LogP contribution in [0.5, 0.6) is 0 Å². The van der Waals surface area contributed by atoms with Gasteiger partial charge in [-0.25, -0.2) is 9.97 Å². The van der Waals surface area contributed by atoms with Gasteiger partial charge in [-0.3, -0.25) is 0 Å². The fraction of sp³-hybridized carbons (Fsp3) is 0.286. The highest BCUT2D eigenvalue weighted by Gasteiger charge is 2.18. The van der Waals surface area contributed by atoms with Crippen LogP contribution in [-0.2, 0) is 0 Å². The maximum Gasteiger partial charge on any atom is 0.133 e. The van der Waals surface area contributed by atoms with Crippen molar-refractivity contribution in [3.05, 3.63) is 47.3 Å².